The van der Waals surface area contributed by atoms with Crippen LogP contribution in [-0.4, -0.2) is 22.7 Å². The summed E-state index contributed by atoms with van der Waals surface area (Å²) >= 11 is 0. The summed E-state index contributed by atoms with van der Waals surface area (Å²) in [6.07, 6.45) is -1.25. The highest BCUT2D eigenvalue weighted by Gasteiger charge is 2.22. The maximum atomic E-state index is 12.0. The molecule has 1 rings (SSSR count). The molecule has 2 atom stereocenters. The van der Waals surface area contributed by atoms with Gasteiger partial charge in [0.1, 0.15) is 5.75 Å². The minimum Gasteiger partial charge on any atom is -0.481 e. The van der Waals surface area contributed by atoms with E-state index in [1.165, 1.54) is 0 Å². The molecule has 0 saturated heterocycles. The summed E-state index contributed by atoms with van der Waals surface area (Å²) in [7, 11) is 0. The summed E-state index contributed by atoms with van der Waals surface area (Å²) in [6, 6.07) is 5.56. The zero-order valence-electron chi connectivity index (χ0n) is 13.2. The molecule has 4 heteroatoms. The van der Waals surface area contributed by atoms with Gasteiger partial charge in [-0.15, -0.1) is 0 Å². The number of carbonyl (C=O) groups is 1. The molecule has 1 aromatic carbocycles. The summed E-state index contributed by atoms with van der Waals surface area (Å²) < 4.78 is 5.70. The maximum Gasteiger partial charge on any atom is 0.261 e. The van der Waals surface area contributed by atoms with Crippen LogP contribution in [0.1, 0.15) is 51.8 Å². The molecule has 112 valence electrons. The predicted molar refractivity (Wildman–Crippen MR) is 79.8 cm³/mol. The van der Waals surface area contributed by atoms with Crippen molar-refractivity contribution in [3.63, 3.8) is 0 Å². The predicted octanol–water partition coefficient (Wildman–Crippen LogP) is 2.73. The lowest BCUT2D eigenvalue weighted by atomic mass is 10.1. The highest BCUT2D eigenvalue weighted by molar-refractivity contribution is 5.81. The van der Waals surface area contributed by atoms with E-state index in [0.29, 0.717) is 11.3 Å². The van der Waals surface area contributed by atoms with Crippen molar-refractivity contribution in [2.24, 2.45) is 0 Å². The van der Waals surface area contributed by atoms with E-state index in [4.69, 9.17) is 4.74 Å². The molecule has 0 saturated carbocycles. The van der Waals surface area contributed by atoms with Gasteiger partial charge in [0.2, 0.25) is 0 Å². The summed E-state index contributed by atoms with van der Waals surface area (Å²) in [5.41, 5.74) is 1.44. The SMILES string of the molecule is Cc1ccc(OC(C)C(=O)NC(C)(C)C)c([C@H](C)O)c1. The molecule has 0 aliphatic heterocycles. The molecule has 0 aromatic heterocycles. The zero-order valence-corrected chi connectivity index (χ0v) is 13.2. The Morgan fingerprint density at radius 1 is 1.30 bits per heavy atom. The molecule has 1 unspecified atom stereocenters. The number of amides is 1. The monoisotopic (exact) mass is 279 g/mol. The Bertz CT molecular complexity index is 475. The number of aryl methyl sites for hydroxylation is 1. The molecule has 0 aliphatic carbocycles. The second kappa shape index (κ2) is 6.27. The average molecular weight is 279 g/mol. The van der Waals surface area contributed by atoms with Gasteiger partial charge >= 0.3 is 0 Å². The van der Waals surface area contributed by atoms with E-state index in [0.717, 1.165) is 5.56 Å². The Morgan fingerprint density at radius 3 is 2.40 bits per heavy atom. The molecular formula is C16H25NO3. The van der Waals surface area contributed by atoms with Crippen LogP contribution in [-0.2, 0) is 4.79 Å². The number of nitrogens with one attached hydrogen (secondary N) is 1. The Labute approximate surface area is 121 Å². The lowest BCUT2D eigenvalue weighted by Gasteiger charge is -2.24. The number of rotatable bonds is 4. The fourth-order valence-electron chi connectivity index (χ4n) is 1.82. The van der Waals surface area contributed by atoms with Gasteiger partial charge in [-0.2, -0.15) is 0 Å². The van der Waals surface area contributed by atoms with Crippen molar-refractivity contribution in [2.75, 3.05) is 0 Å². The Hall–Kier alpha value is -1.55. The largest absolute Gasteiger partial charge is 0.481 e. The zero-order chi connectivity index (χ0) is 15.5. The number of aliphatic hydroxyl groups excluding tert-OH is 1. The van der Waals surface area contributed by atoms with E-state index in [9.17, 15) is 9.90 Å². The average Bonchev–Trinajstić information content (AvgIpc) is 2.28. The number of benzene rings is 1. The van der Waals surface area contributed by atoms with Gasteiger partial charge in [0.05, 0.1) is 6.10 Å². The Kier molecular flexibility index (Phi) is 5.17. The second-order valence-electron chi connectivity index (χ2n) is 6.22. The highest BCUT2D eigenvalue weighted by atomic mass is 16.5. The molecule has 0 spiro atoms. The Morgan fingerprint density at radius 2 is 1.90 bits per heavy atom. The molecule has 20 heavy (non-hydrogen) atoms. The first-order chi connectivity index (χ1) is 9.10. The van der Waals surface area contributed by atoms with E-state index >= 15 is 0 Å². The van der Waals surface area contributed by atoms with Crippen LogP contribution in [0.5, 0.6) is 5.75 Å². The number of carbonyl (C=O) groups excluding carboxylic acids is 1. The van der Waals surface area contributed by atoms with E-state index in [-0.39, 0.29) is 11.4 Å². The van der Waals surface area contributed by atoms with Crippen molar-refractivity contribution >= 4 is 5.91 Å². The molecule has 1 aromatic rings. The van der Waals surface area contributed by atoms with Gasteiger partial charge in [0, 0.05) is 11.1 Å². The van der Waals surface area contributed by atoms with Crippen LogP contribution < -0.4 is 10.1 Å². The molecule has 1 amide bonds. The first-order valence-electron chi connectivity index (χ1n) is 6.87. The number of hydrogen-bond acceptors (Lipinski definition) is 3. The van der Waals surface area contributed by atoms with E-state index in [2.05, 4.69) is 5.32 Å². The topological polar surface area (TPSA) is 58.6 Å². The van der Waals surface area contributed by atoms with Crippen molar-refractivity contribution in [1.82, 2.24) is 5.32 Å². The minimum absolute atomic E-state index is 0.172. The quantitative estimate of drug-likeness (QED) is 0.891. The van der Waals surface area contributed by atoms with Gasteiger partial charge in [-0.25, -0.2) is 0 Å². The van der Waals surface area contributed by atoms with Crippen molar-refractivity contribution in [3.8, 4) is 5.75 Å². The lowest BCUT2D eigenvalue weighted by molar-refractivity contribution is -0.128. The summed E-state index contributed by atoms with van der Waals surface area (Å²) in [4.78, 5) is 12.0. The van der Waals surface area contributed by atoms with Crippen molar-refractivity contribution in [1.29, 1.82) is 0 Å². The fourth-order valence-corrected chi connectivity index (χ4v) is 1.82. The third-order valence-corrected chi connectivity index (χ3v) is 2.79. The van der Waals surface area contributed by atoms with Crippen LogP contribution in [0.25, 0.3) is 0 Å². The van der Waals surface area contributed by atoms with Gasteiger partial charge in [0.15, 0.2) is 6.10 Å². The highest BCUT2D eigenvalue weighted by Crippen LogP contribution is 2.27. The third-order valence-electron chi connectivity index (χ3n) is 2.79. The Balaban J connectivity index is 2.85. The van der Waals surface area contributed by atoms with E-state index in [1.54, 1.807) is 19.9 Å². The normalized spacial score (nSPS) is 14.6. The van der Waals surface area contributed by atoms with Crippen molar-refractivity contribution < 1.29 is 14.6 Å². The lowest BCUT2D eigenvalue weighted by Crippen LogP contribution is -2.46. The number of aliphatic hydroxyl groups is 1. The van der Waals surface area contributed by atoms with Crippen LogP contribution in [0.2, 0.25) is 0 Å². The van der Waals surface area contributed by atoms with Gasteiger partial charge in [-0.3, -0.25) is 4.79 Å². The third kappa shape index (κ3) is 4.85. The maximum absolute atomic E-state index is 12.0. The number of hydrogen-bond donors (Lipinski definition) is 2. The van der Waals surface area contributed by atoms with Gasteiger partial charge in [0.25, 0.3) is 5.91 Å². The summed E-state index contributed by atoms with van der Waals surface area (Å²) in [6.45, 7) is 11.1. The van der Waals surface area contributed by atoms with Gasteiger partial charge in [-0.05, 0) is 53.7 Å². The van der Waals surface area contributed by atoms with Crippen LogP contribution in [0, 0.1) is 6.92 Å². The molecule has 0 bridgehead atoms. The van der Waals surface area contributed by atoms with E-state index in [1.807, 2.05) is 39.8 Å². The molecule has 4 nitrogen and oxygen atoms in total. The van der Waals surface area contributed by atoms with Crippen LogP contribution in [0.3, 0.4) is 0 Å². The molecule has 2 N–H and O–H groups in total. The van der Waals surface area contributed by atoms with Crippen LogP contribution in [0.15, 0.2) is 18.2 Å². The minimum atomic E-state index is -0.636. The smallest absolute Gasteiger partial charge is 0.261 e. The van der Waals surface area contributed by atoms with Crippen molar-refractivity contribution in [3.05, 3.63) is 29.3 Å². The van der Waals surface area contributed by atoms with Crippen molar-refractivity contribution in [2.45, 2.75) is 59.3 Å². The number of ether oxygens (including phenoxy) is 1. The second-order valence-corrected chi connectivity index (χ2v) is 6.22. The molecule has 0 aliphatic rings. The molecule has 0 fully saturated rings. The van der Waals surface area contributed by atoms with Gasteiger partial charge in [-0.1, -0.05) is 11.6 Å². The first kappa shape index (κ1) is 16.5. The summed E-state index contributed by atoms with van der Waals surface area (Å²) in [5, 5.41) is 12.7. The standard InChI is InChI=1S/C16H25NO3/c1-10-7-8-14(13(9-10)11(2)18)20-12(3)15(19)17-16(4,5)6/h7-9,11-12,18H,1-6H3,(H,17,19)/t11-,12?/m0/s1. The van der Waals surface area contributed by atoms with Crippen LogP contribution >= 0.6 is 0 Å². The van der Waals surface area contributed by atoms with Gasteiger partial charge < -0.3 is 15.2 Å². The molecule has 0 radical (unpaired) electrons. The molecule has 0 heterocycles. The fraction of sp³-hybridized carbons (Fsp3) is 0.562. The molecular weight excluding hydrogens is 254 g/mol. The summed E-state index contributed by atoms with van der Waals surface area (Å²) in [5.74, 6) is 0.372. The van der Waals surface area contributed by atoms with Crippen LogP contribution in [0.4, 0.5) is 0 Å². The van der Waals surface area contributed by atoms with E-state index < -0.39 is 12.2 Å². The first-order valence-corrected chi connectivity index (χ1v) is 6.87.